The Hall–Kier alpha value is -11.9. The Labute approximate surface area is 780 Å². The molecule has 44 heteroatoms. The van der Waals surface area contributed by atoms with Gasteiger partial charge in [0.15, 0.2) is 98.4 Å². The molecule has 10 rings (SSSR count). The number of benzene rings is 5. The highest BCUT2D eigenvalue weighted by molar-refractivity contribution is 6.76. The van der Waals surface area contributed by atoms with Crippen LogP contribution in [0.3, 0.4) is 0 Å². The van der Waals surface area contributed by atoms with Gasteiger partial charge in [-0.2, -0.15) is 0 Å². The fraction of sp³-hybridized carbons (Fsp3) is 0.489. The maximum Gasteiger partial charge on any atom is 0.338 e. The van der Waals surface area contributed by atoms with Crippen molar-refractivity contribution in [3.05, 3.63) is 179 Å². The van der Waals surface area contributed by atoms with Crippen LogP contribution in [-0.2, 0) is 166 Å². The zero-order valence-corrected chi connectivity index (χ0v) is 76.4. The van der Waals surface area contributed by atoms with Crippen LogP contribution in [0.2, 0.25) is 0 Å². The summed E-state index contributed by atoms with van der Waals surface area (Å²) in [6.07, 6.45) is -54.8. The Morgan fingerprint density at radius 2 is 0.537 bits per heavy atom. The van der Waals surface area contributed by atoms with Crippen LogP contribution in [-0.4, -0.2) is 279 Å². The lowest BCUT2D eigenvalue weighted by molar-refractivity contribution is -0.397. The third-order valence-corrected chi connectivity index (χ3v) is 20.7. The molecule has 0 aromatic heterocycles. The van der Waals surface area contributed by atoms with Crippen molar-refractivity contribution in [2.45, 2.75) is 247 Å². The Morgan fingerprint density at radius 1 is 0.276 bits per heavy atom. The zero-order chi connectivity index (χ0) is 97.7. The molecule has 0 amide bonds. The molecule has 5 saturated heterocycles. The van der Waals surface area contributed by atoms with E-state index in [0.29, 0.717) is 0 Å². The van der Waals surface area contributed by atoms with E-state index in [2.05, 4.69) is 0 Å². The van der Waals surface area contributed by atoms with Gasteiger partial charge in [0.1, 0.15) is 62.5 Å². The van der Waals surface area contributed by atoms with Crippen molar-refractivity contribution < 1.29 is 190 Å². The molecule has 0 spiro atoms. The maximum atomic E-state index is 15.8. The molecule has 0 unspecified atom stereocenters. The first-order valence-electron chi connectivity index (χ1n) is 41.6. The monoisotopic (exact) mass is 1940 g/mol. The van der Waals surface area contributed by atoms with Gasteiger partial charge in [-0.3, -0.25) is 53.4 Å². The van der Waals surface area contributed by atoms with Crippen molar-refractivity contribution in [3.8, 4) is 0 Å². The quantitative estimate of drug-likeness (QED) is 0.0139. The molecular formula is C90H98Cl3NO40. The first kappa shape index (κ1) is 104. The van der Waals surface area contributed by atoms with Gasteiger partial charge in [-0.1, -0.05) is 126 Å². The summed E-state index contributed by atoms with van der Waals surface area (Å²) in [5.74, 6) is -18.4. The van der Waals surface area contributed by atoms with Gasteiger partial charge in [0, 0.05) is 62.3 Å². The lowest BCUT2D eigenvalue weighted by Crippen LogP contribution is -2.70. The number of alkyl halides is 3. The third-order valence-electron chi connectivity index (χ3n) is 20.1. The number of ether oxygens (including phenoxy) is 25. The van der Waals surface area contributed by atoms with E-state index in [4.69, 9.17) is 159 Å². The maximum absolute atomic E-state index is 15.8. The molecule has 134 heavy (non-hydrogen) atoms. The van der Waals surface area contributed by atoms with Gasteiger partial charge < -0.3 is 118 Å². The van der Waals surface area contributed by atoms with Crippen LogP contribution in [0.5, 0.6) is 0 Å². The standard InChI is InChI=1S/C90H98Cl3NO40/c1-43-62(115-45(3)96)67(118-48(6)99)73(121-51(9)102)83(114-43)132-71-66(131-84-75(129-80(107)56-35-25-17-26-36-56)69(128-79(106)55-33-23-16-24-34-55)65(127-78(105)54-31-21-15-22-32-54)59(124-84)40-111-77(104)53-29-19-14-20-30-53)61(42-113-88(109)89(11,12)13)125-85(76(71)130-81(108)57-37-27-18-28-38-57)133-70-64(117-47(5)98)60(126-86(74(70)122-52(10)103)134-87(94)90(91,92)93)41-112-82-72(120-50(8)101)68(119-49(7)100)63(116-46(4)97)58(123-82)39-110-44(2)95/h14-38,43,58-76,82-86,94H,39-42H2,1-13H3/t43-,58+,59+,60+,61+,62+,63-,64-,65-,66+,67+,68-,69-,70-,71-,72+,73-,74+,75+,76+,82+,83-,84-,85-,86+/m0/s1. The minimum absolute atomic E-state index is 0.0477. The third kappa shape index (κ3) is 28.6. The normalized spacial score (nSPS) is 28.3. The second-order valence-corrected chi connectivity index (χ2v) is 33.9. The number of halogens is 3. The van der Waals surface area contributed by atoms with Gasteiger partial charge in [0.25, 0.3) is 3.79 Å². The molecule has 5 aromatic rings. The average molecular weight is 1940 g/mol. The molecule has 5 aliphatic heterocycles. The molecule has 25 atom stereocenters. The highest BCUT2D eigenvalue weighted by Gasteiger charge is 2.64. The summed E-state index contributed by atoms with van der Waals surface area (Å²) >= 11 is 18.9. The van der Waals surface area contributed by atoms with E-state index < -0.39 is 285 Å². The minimum atomic E-state index is -2.87. The summed E-state index contributed by atoms with van der Waals surface area (Å²) in [4.78, 5) is 211. The topological polar surface area (TPSA) is 511 Å². The largest absolute Gasteiger partial charge is 0.463 e. The molecule has 724 valence electrons. The van der Waals surface area contributed by atoms with Gasteiger partial charge in [-0.15, -0.1) is 0 Å². The summed E-state index contributed by atoms with van der Waals surface area (Å²) in [6.45, 7) is 9.70. The van der Waals surface area contributed by atoms with Gasteiger partial charge >= 0.3 is 89.5 Å². The van der Waals surface area contributed by atoms with E-state index in [9.17, 15) is 57.5 Å². The van der Waals surface area contributed by atoms with Crippen molar-refractivity contribution >= 4 is 130 Å². The molecule has 5 aromatic carbocycles. The summed E-state index contributed by atoms with van der Waals surface area (Å²) in [6, 6.07) is 35.6. The molecule has 0 radical (unpaired) electrons. The van der Waals surface area contributed by atoms with Crippen molar-refractivity contribution in [2.24, 2.45) is 5.41 Å². The van der Waals surface area contributed by atoms with E-state index in [1.54, 1.807) is 24.3 Å². The molecule has 1 N–H and O–H groups in total. The van der Waals surface area contributed by atoms with Crippen molar-refractivity contribution in [3.63, 3.8) is 0 Å². The average Bonchev–Trinajstić information content (AvgIpc) is 0.744. The number of carbonyl (C=O) groups excluding carboxylic acids is 15. The molecule has 5 heterocycles. The number of nitrogens with one attached hydrogen (secondary N) is 1. The fourth-order valence-electron chi connectivity index (χ4n) is 14.5. The molecule has 0 bridgehead atoms. The molecule has 5 fully saturated rings. The van der Waals surface area contributed by atoms with Gasteiger partial charge in [-0.05, 0) is 88.4 Å². The van der Waals surface area contributed by atoms with E-state index >= 15 is 14.4 Å². The van der Waals surface area contributed by atoms with E-state index in [0.717, 1.165) is 62.3 Å². The van der Waals surface area contributed by atoms with Crippen LogP contribution in [0.25, 0.3) is 0 Å². The Kier molecular flexibility index (Phi) is 36.8. The second-order valence-electron chi connectivity index (χ2n) is 31.6. The predicted molar refractivity (Wildman–Crippen MR) is 449 cm³/mol. The summed E-state index contributed by atoms with van der Waals surface area (Å²) < 4.78 is 154. The van der Waals surface area contributed by atoms with Crippen LogP contribution in [0.1, 0.15) is 142 Å². The number of rotatable bonds is 33. The zero-order valence-electron chi connectivity index (χ0n) is 74.2. The number of carbonyl (C=O) groups is 15. The molecule has 0 saturated carbocycles. The minimum Gasteiger partial charge on any atom is -0.463 e. The van der Waals surface area contributed by atoms with E-state index in [1.165, 1.54) is 155 Å². The van der Waals surface area contributed by atoms with Crippen molar-refractivity contribution in [1.29, 1.82) is 5.41 Å². The van der Waals surface area contributed by atoms with Gasteiger partial charge in [0.2, 0.25) is 12.2 Å². The predicted octanol–water partition coefficient (Wildman–Crippen LogP) is 7.53. The lowest BCUT2D eigenvalue weighted by atomic mass is 9.94. The molecule has 0 aliphatic carbocycles. The van der Waals surface area contributed by atoms with E-state index in [1.807, 2.05) is 0 Å². The number of esters is 15. The second kappa shape index (κ2) is 47.4. The number of hydrogen-bond acceptors (Lipinski definition) is 41. The summed E-state index contributed by atoms with van der Waals surface area (Å²) in [5.41, 5.74) is -2.38. The van der Waals surface area contributed by atoms with E-state index in [-0.39, 0.29) is 27.8 Å². The molecular weight excluding hydrogens is 1840 g/mol. The highest BCUT2D eigenvalue weighted by atomic mass is 35.6. The van der Waals surface area contributed by atoms with Crippen LogP contribution in [0, 0.1) is 10.8 Å². The van der Waals surface area contributed by atoms with Crippen LogP contribution >= 0.6 is 34.8 Å². The smallest absolute Gasteiger partial charge is 0.338 e. The summed E-state index contributed by atoms with van der Waals surface area (Å²) in [7, 11) is 0. The van der Waals surface area contributed by atoms with Crippen molar-refractivity contribution in [2.75, 3.05) is 26.4 Å². The fourth-order valence-corrected chi connectivity index (χ4v) is 14.6. The van der Waals surface area contributed by atoms with Crippen LogP contribution in [0.15, 0.2) is 152 Å². The van der Waals surface area contributed by atoms with Crippen LogP contribution < -0.4 is 0 Å². The molecule has 41 nitrogen and oxygen atoms in total. The first-order valence-corrected chi connectivity index (χ1v) is 42.7. The summed E-state index contributed by atoms with van der Waals surface area (Å²) in [5, 5.41) is 8.99. The highest BCUT2D eigenvalue weighted by Crippen LogP contribution is 2.43. The van der Waals surface area contributed by atoms with Crippen LogP contribution in [0.4, 0.5) is 0 Å². The molecule has 5 aliphatic rings. The van der Waals surface area contributed by atoms with Gasteiger partial charge in [-0.25, -0.2) is 24.0 Å². The first-order chi connectivity index (χ1) is 63.4. The van der Waals surface area contributed by atoms with Gasteiger partial charge in [0.05, 0.1) is 45.9 Å². The number of hydrogen-bond donors (Lipinski definition) is 1. The SMILES string of the molecule is CC(=O)OC[C@H]1O[C@@H](OC[C@H]2O[C@H](OC(=N)C(Cl)(Cl)Cl)[C@H](OC(C)=O)[C@@H](O[C@@H]3O[C@H](COC(=O)C(C)(C)C)[C@@H](O[C@@H]4O[C@H](COC(=O)c5ccccc5)[C@H](OC(=O)c5ccccc5)[C@H](OC(=O)c5ccccc5)[C@H]4OC(=O)c4ccccc4)[C@H](O[C@@H]4O[C@@H](C)[C@@H](OC(C)=O)[C@@H](OC(C)=O)[C@@H]4OC(C)=O)[C@H]3OC(=O)c3ccccc3)[C@H]2OC(C)=O)[C@H](OC(C)=O)[C@@H](OC(C)=O)[C@H]1OC(C)=O. The Morgan fingerprint density at radius 3 is 0.940 bits per heavy atom. The van der Waals surface area contributed by atoms with Crippen molar-refractivity contribution in [1.82, 2.24) is 0 Å². The Bertz CT molecular complexity index is 4970. The lowest BCUT2D eigenvalue weighted by Gasteiger charge is -2.52. The Balaban J connectivity index is 1.26.